The number of hydrogen-bond donors (Lipinski definition) is 2. The van der Waals surface area contributed by atoms with Gasteiger partial charge in [0.2, 0.25) is 0 Å². The Balaban J connectivity index is 2.45. The van der Waals surface area contributed by atoms with Gasteiger partial charge in [-0.15, -0.1) is 0 Å². The van der Waals surface area contributed by atoms with E-state index in [9.17, 15) is 9.59 Å². The van der Waals surface area contributed by atoms with E-state index in [2.05, 4.69) is 5.32 Å². The van der Waals surface area contributed by atoms with E-state index in [0.717, 1.165) is 11.8 Å². The van der Waals surface area contributed by atoms with E-state index in [4.69, 9.17) is 22.1 Å². The number of hydrogen-bond acceptors (Lipinski definition) is 5. The molecular formula is C12H9NO4S2. The van der Waals surface area contributed by atoms with Gasteiger partial charge in [-0.1, -0.05) is 30.0 Å². The van der Waals surface area contributed by atoms with Crippen LogP contribution in [0.25, 0.3) is 6.08 Å². The van der Waals surface area contributed by atoms with Crippen LogP contribution in [0.5, 0.6) is 5.75 Å². The van der Waals surface area contributed by atoms with Crippen LogP contribution in [0.4, 0.5) is 0 Å². The Labute approximate surface area is 118 Å². The highest BCUT2D eigenvalue weighted by Crippen LogP contribution is 2.28. The molecule has 5 nitrogen and oxygen atoms in total. The molecule has 0 spiro atoms. The molecule has 1 amide bonds. The Kier molecular flexibility index (Phi) is 3.87. The van der Waals surface area contributed by atoms with Crippen LogP contribution in [0.15, 0.2) is 23.1 Å². The van der Waals surface area contributed by atoms with E-state index >= 15 is 0 Å². The number of amides is 1. The molecular weight excluding hydrogens is 286 g/mol. The van der Waals surface area contributed by atoms with Gasteiger partial charge in [-0.05, 0) is 23.8 Å². The molecule has 1 aromatic rings. The number of nitrogens with one attached hydrogen (secondary N) is 1. The zero-order valence-corrected chi connectivity index (χ0v) is 11.4. The summed E-state index contributed by atoms with van der Waals surface area (Å²) in [7, 11) is 1.46. The quantitative estimate of drug-likeness (QED) is 0.655. The predicted molar refractivity (Wildman–Crippen MR) is 76.3 cm³/mol. The number of rotatable bonds is 3. The number of carbonyl (C=O) groups excluding carboxylic acids is 1. The molecule has 98 valence electrons. The number of ether oxygens (including phenoxy) is 1. The molecule has 19 heavy (non-hydrogen) atoms. The second-order valence-corrected chi connectivity index (χ2v) is 5.33. The Morgan fingerprint density at radius 3 is 2.79 bits per heavy atom. The van der Waals surface area contributed by atoms with Crippen molar-refractivity contribution in [3.63, 3.8) is 0 Å². The lowest BCUT2D eigenvalue weighted by Crippen LogP contribution is -2.17. The zero-order chi connectivity index (χ0) is 14.0. The van der Waals surface area contributed by atoms with Crippen molar-refractivity contribution in [2.24, 2.45) is 0 Å². The van der Waals surface area contributed by atoms with Crippen molar-refractivity contribution in [2.45, 2.75) is 0 Å². The third-order valence-corrected chi connectivity index (χ3v) is 3.58. The van der Waals surface area contributed by atoms with Gasteiger partial charge in [0.25, 0.3) is 5.91 Å². The van der Waals surface area contributed by atoms with Gasteiger partial charge in [0.15, 0.2) is 0 Å². The smallest absolute Gasteiger partial charge is 0.336 e. The molecule has 0 bridgehead atoms. The van der Waals surface area contributed by atoms with Gasteiger partial charge in [0.05, 0.1) is 17.6 Å². The second-order valence-electron chi connectivity index (χ2n) is 3.61. The van der Waals surface area contributed by atoms with E-state index in [-0.39, 0.29) is 11.5 Å². The maximum atomic E-state index is 11.5. The third-order valence-electron chi connectivity index (χ3n) is 2.42. The highest BCUT2D eigenvalue weighted by atomic mass is 32.2. The molecule has 1 saturated heterocycles. The van der Waals surface area contributed by atoms with Gasteiger partial charge in [0, 0.05) is 0 Å². The number of benzene rings is 1. The lowest BCUT2D eigenvalue weighted by Gasteiger charge is -2.05. The van der Waals surface area contributed by atoms with E-state index in [1.165, 1.54) is 19.3 Å². The van der Waals surface area contributed by atoms with Crippen LogP contribution in [0.2, 0.25) is 0 Å². The Morgan fingerprint density at radius 1 is 1.53 bits per heavy atom. The zero-order valence-electron chi connectivity index (χ0n) is 9.80. The van der Waals surface area contributed by atoms with E-state index < -0.39 is 5.97 Å². The predicted octanol–water partition coefficient (Wildman–Crippen LogP) is 1.88. The molecule has 1 heterocycles. The maximum absolute atomic E-state index is 11.5. The van der Waals surface area contributed by atoms with Crippen LogP contribution < -0.4 is 10.1 Å². The Morgan fingerprint density at radius 2 is 2.26 bits per heavy atom. The molecule has 1 fully saturated rings. The molecule has 2 rings (SSSR count). The Hall–Kier alpha value is -1.86. The molecule has 0 radical (unpaired) electrons. The summed E-state index contributed by atoms with van der Waals surface area (Å²) in [5, 5.41) is 11.6. The van der Waals surface area contributed by atoms with Gasteiger partial charge >= 0.3 is 5.97 Å². The minimum atomic E-state index is -1.09. The van der Waals surface area contributed by atoms with Crippen LogP contribution in [0.1, 0.15) is 15.9 Å². The van der Waals surface area contributed by atoms with Crippen molar-refractivity contribution in [3.8, 4) is 5.75 Å². The monoisotopic (exact) mass is 295 g/mol. The minimum absolute atomic E-state index is 0.0677. The van der Waals surface area contributed by atoms with E-state index in [1.54, 1.807) is 12.1 Å². The van der Waals surface area contributed by atoms with Crippen molar-refractivity contribution in [1.29, 1.82) is 0 Å². The Bertz CT molecular complexity index is 610. The summed E-state index contributed by atoms with van der Waals surface area (Å²) in [5.41, 5.74) is 0.494. The highest BCUT2D eigenvalue weighted by molar-refractivity contribution is 8.26. The number of carboxylic acids is 1. The number of thiocarbonyl (C=S) groups is 1. The van der Waals surface area contributed by atoms with Crippen LogP contribution in [0.3, 0.4) is 0 Å². The number of aromatic carboxylic acids is 1. The summed E-state index contributed by atoms with van der Waals surface area (Å²) >= 11 is 5.97. The molecule has 0 aromatic heterocycles. The fourth-order valence-electron chi connectivity index (χ4n) is 1.54. The van der Waals surface area contributed by atoms with Crippen LogP contribution >= 0.6 is 24.0 Å². The van der Waals surface area contributed by atoms with E-state index in [1.807, 2.05) is 0 Å². The molecule has 0 atom stereocenters. The van der Waals surface area contributed by atoms with Crippen molar-refractivity contribution in [2.75, 3.05) is 7.11 Å². The van der Waals surface area contributed by atoms with Crippen molar-refractivity contribution >= 4 is 46.3 Å². The van der Waals surface area contributed by atoms with Crippen LogP contribution in [0, 0.1) is 0 Å². The number of thioether (sulfide) groups is 1. The normalized spacial score (nSPS) is 16.6. The molecule has 1 aliphatic rings. The molecule has 1 aliphatic heterocycles. The average Bonchev–Trinajstić information content (AvgIpc) is 2.68. The molecule has 0 aliphatic carbocycles. The fourth-order valence-corrected chi connectivity index (χ4v) is 2.57. The van der Waals surface area contributed by atoms with Crippen molar-refractivity contribution in [3.05, 3.63) is 34.2 Å². The number of carbonyl (C=O) groups is 2. The lowest BCUT2D eigenvalue weighted by molar-refractivity contribution is -0.115. The van der Waals surface area contributed by atoms with Crippen LogP contribution in [-0.2, 0) is 4.79 Å². The summed E-state index contributed by atoms with van der Waals surface area (Å²) in [5.74, 6) is -0.961. The summed E-state index contributed by atoms with van der Waals surface area (Å²) in [6.07, 6.45) is 1.50. The van der Waals surface area contributed by atoms with Crippen molar-refractivity contribution in [1.82, 2.24) is 5.32 Å². The first-order valence-corrected chi connectivity index (χ1v) is 6.40. The molecule has 1 aromatic carbocycles. The summed E-state index contributed by atoms with van der Waals surface area (Å²) in [6.45, 7) is 0. The summed E-state index contributed by atoms with van der Waals surface area (Å²) < 4.78 is 5.34. The molecule has 2 N–H and O–H groups in total. The first kappa shape index (κ1) is 13.6. The highest BCUT2D eigenvalue weighted by Gasteiger charge is 2.23. The van der Waals surface area contributed by atoms with Gasteiger partial charge in [0.1, 0.15) is 10.1 Å². The van der Waals surface area contributed by atoms with Crippen LogP contribution in [-0.4, -0.2) is 28.4 Å². The fraction of sp³-hybridized carbons (Fsp3) is 0.0833. The SMILES string of the molecule is COc1ccc(/C=C2\SC(=S)NC2=O)c(C(=O)O)c1. The summed E-state index contributed by atoms with van der Waals surface area (Å²) in [4.78, 5) is 23.1. The van der Waals surface area contributed by atoms with Crippen molar-refractivity contribution < 1.29 is 19.4 Å². The standard InChI is InChI=1S/C12H9NO4S2/c1-17-7-3-2-6(8(5-7)11(15)16)4-9-10(14)13-12(18)19-9/h2-5H,1H3,(H,15,16)(H,13,14,18)/b9-4-. The number of methoxy groups -OCH3 is 1. The van der Waals surface area contributed by atoms with Gasteiger partial charge in [-0.3, -0.25) is 4.79 Å². The van der Waals surface area contributed by atoms with Gasteiger partial charge < -0.3 is 15.2 Å². The first-order chi connectivity index (χ1) is 9.01. The maximum Gasteiger partial charge on any atom is 0.336 e. The molecule has 0 unspecified atom stereocenters. The largest absolute Gasteiger partial charge is 0.497 e. The minimum Gasteiger partial charge on any atom is -0.497 e. The molecule has 7 heteroatoms. The molecule has 0 saturated carbocycles. The van der Waals surface area contributed by atoms with E-state index in [0.29, 0.717) is 20.5 Å². The number of carboxylic acid groups (broad SMARTS) is 1. The van der Waals surface area contributed by atoms with Gasteiger partial charge in [-0.25, -0.2) is 4.79 Å². The first-order valence-electron chi connectivity index (χ1n) is 5.17. The second kappa shape index (κ2) is 5.41. The lowest BCUT2D eigenvalue weighted by atomic mass is 10.1. The van der Waals surface area contributed by atoms with Gasteiger partial charge in [-0.2, -0.15) is 0 Å². The third kappa shape index (κ3) is 2.94. The average molecular weight is 295 g/mol. The topological polar surface area (TPSA) is 75.6 Å². The summed E-state index contributed by atoms with van der Waals surface area (Å²) in [6, 6.07) is 4.63.